The third kappa shape index (κ3) is 3.42. The van der Waals surface area contributed by atoms with Crippen LogP contribution in [-0.4, -0.2) is 34.4 Å². The van der Waals surface area contributed by atoms with Gasteiger partial charge in [-0.3, -0.25) is 9.78 Å². The first kappa shape index (κ1) is 11.8. The zero-order valence-corrected chi connectivity index (χ0v) is 9.49. The van der Waals surface area contributed by atoms with Crippen molar-refractivity contribution < 1.29 is 4.74 Å². The van der Waals surface area contributed by atoms with Gasteiger partial charge in [0.2, 0.25) is 0 Å². The van der Waals surface area contributed by atoms with Crippen LogP contribution in [0.4, 0.5) is 0 Å². The van der Waals surface area contributed by atoms with E-state index >= 15 is 0 Å². The van der Waals surface area contributed by atoms with Crippen LogP contribution < -0.4 is 21.3 Å². The summed E-state index contributed by atoms with van der Waals surface area (Å²) in [6.45, 7) is 1.46. The molecule has 0 amide bonds. The van der Waals surface area contributed by atoms with Crippen LogP contribution in [0.25, 0.3) is 0 Å². The van der Waals surface area contributed by atoms with E-state index in [1.54, 1.807) is 0 Å². The van der Waals surface area contributed by atoms with Gasteiger partial charge in [-0.25, -0.2) is 9.89 Å². The molecule has 3 N–H and O–H groups in total. The standard InChI is InChI=1S/C10H16N4O3/c15-8-9(13-14-10(16)12-8)17-6-4-7-3-1-2-5-11-7/h7,11H,1-6H2,(H2,12,14,15,16). The van der Waals surface area contributed by atoms with Gasteiger partial charge in [0.25, 0.3) is 5.88 Å². The second-order valence-corrected chi connectivity index (χ2v) is 4.10. The Morgan fingerprint density at radius 3 is 2.94 bits per heavy atom. The van der Waals surface area contributed by atoms with Crippen molar-refractivity contribution in [2.45, 2.75) is 31.7 Å². The van der Waals surface area contributed by atoms with Gasteiger partial charge in [-0.05, 0) is 25.8 Å². The van der Waals surface area contributed by atoms with Crippen molar-refractivity contribution in [1.29, 1.82) is 0 Å². The molecule has 1 unspecified atom stereocenters. The highest BCUT2D eigenvalue weighted by atomic mass is 16.5. The zero-order chi connectivity index (χ0) is 12.1. The van der Waals surface area contributed by atoms with Gasteiger partial charge in [0.05, 0.1) is 6.61 Å². The molecule has 1 aliphatic rings. The number of nitrogens with one attached hydrogen (secondary N) is 3. The molecule has 1 fully saturated rings. The molecule has 0 aromatic carbocycles. The number of hydrogen-bond acceptors (Lipinski definition) is 5. The summed E-state index contributed by atoms with van der Waals surface area (Å²) < 4.78 is 5.23. The lowest BCUT2D eigenvalue weighted by atomic mass is 10.0. The van der Waals surface area contributed by atoms with E-state index in [-0.39, 0.29) is 5.88 Å². The molecule has 94 valence electrons. The third-order valence-corrected chi connectivity index (χ3v) is 2.80. The second-order valence-electron chi connectivity index (χ2n) is 4.10. The van der Waals surface area contributed by atoms with E-state index in [9.17, 15) is 9.59 Å². The van der Waals surface area contributed by atoms with Crippen LogP contribution in [0, 0.1) is 0 Å². The molecular weight excluding hydrogens is 224 g/mol. The Kier molecular flexibility index (Phi) is 3.92. The minimum atomic E-state index is -0.628. The molecule has 7 nitrogen and oxygen atoms in total. The second kappa shape index (κ2) is 5.62. The average Bonchev–Trinajstić information content (AvgIpc) is 2.33. The third-order valence-electron chi connectivity index (χ3n) is 2.80. The van der Waals surface area contributed by atoms with Crippen molar-refractivity contribution >= 4 is 0 Å². The molecule has 2 heterocycles. The van der Waals surface area contributed by atoms with Crippen molar-refractivity contribution in [3.63, 3.8) is 0 Å². The highest BCUT2D eigenvalue weighted by Gasteiger charge is 2.12. The first-order chi connectivity index (χ1) is 8.25. The van der Waals surface area contributed by atoms with Crippen LogP contribution in [0.3, 0.4) is 0 Å². The van der Waals surface area contributed by atoms with E-state index in [0.717, 1.165) is 19.4 Å². The lowest BCUT2D eigenvalue weighted by molar-refractivity contribution is 0.254. The molecule has 2 rings (SSSR count). The number of aromatic amines is 2. The van der Waals surface area contributed by atoms with Crippen molar-refractivity contribution in [1.82, 2.24) is 20.5 Å². The maximum Gasteiger partial charge on any atom is 0.342 e. The van der Waals surface area contributed by atoms with Crippen molar-refractivity contribution in [2.75, 3.05) is 13.2 Å². The molecule has 0 radical (unpaired) electrons. The van der Waals surface area contributed by atoms with Gasteiger partial charge in [-0.15, -0.1) is 5.10 Å². The minimum absolute atomic E-state index is 0.0830. The molecule has 1 aromatic rings. The first-order valence-electron chi connectivity index (χ1n) is 5.81. The Labute approximate surface area is 97.6 Å². The molecule has 0 aliphatic carbocycles. The van der Waals surface area contributed by atoms with Gasteiger partial charge in [0, 0.05) is 6.04 Å². The van der Waals surface area contributed by atoms with Crippen LogP contribution in [0.2, 0.25) is 0 Å². The first-order valence-corrected chi connectivity index (χ1v) is 5.81. The van der Waals surface area contributed by atoms with E-state index < -0.39 is 11.2 Å². The summed E-state index contributed by atoms with van der Waals surface area (Å²) in [6.07, 6.45) is 4.42. The van der Waals surface area contributed by atoms with Gasteiger partial charge < -0.3 is 10.1 Å². The highest BCUT2D eigenvalue weighted by Crippen LogP contribution is 2.09. The van der Waals surface area contributed by atoms with Gasteiger partial charge in [0.1, 0.15) is 0 Å². The number of piperidine rings is 1. The predicted molar refractivity (Wildman–Crippen MR) is 61.2 cm³/mol. The maximum atomic E-state index is 11.2. The molecule has 0 spiro atoms. The summed E-state index contributed by atoms with van der Waals surface area (Å²) in [5, 5.41) is 9.05. The van der Waals surface area contributed by atoms with E-state index in [4.69, 9.17) is 4.74 Å². The molecular formula is C10H16N4O3. The summed E-state index contributed by atoms with van der Waals surface area (Å²) in [4.78, 5) is 24.0. The highest BCUT2D eigenvalue weighted by molar-refractivity contribution is 4.98. The predicted octanol–water partition coefficient (Wildman–Crippen LogP) is -0.631. The molecule has 1 aromatic heterocycles. The van der Waals surface area contributed by atoms with Crippen LogP contribution in [-0.2, 0) is 0 Å². The van der Waals surface area contributed by atoms with Crippen molar-refractivity contribution in [3.05, 3.63) is 20.8 Å². The fourth-order valence-electron chi connectivity index (χ4n) is 1.90. The molecule has 1 atom stereocenters. The molecule has 0 bridgehead atoms. The largest absolute Gasteiger partial charge is 0.473 e. The molecule has 17 heavy (non-hydrogen) atoms. The van der Waals surface area contributed by atoms with Gasteiger partial charge in [-0.1, -0.05) is 6.42 Å². The quantitative estimate of drug-likeness (QED) is 0.650. The van der Waals surface area contributed by atoms with E-state index in [1.165, 1.54) is 12.8 Å². The average molecular weight is 240 g/mol. The topological polar surface area (TPSA) is 99.9 Å². The van der Waals surface area contributed by atoms with Crippen LogP contribution in [0.15, 0.2) is 9.59 Å². The van der Waals surface area contributed by atoms with Crippen molar-refractivity contribution in [3.8, 4) is 5.88 Å². The number of rotatable bonds is 4. The number of nitrogens with zero attached hydrogens (tertiary/aromatic N) is 1. The van der Waals surface area contributed by atoms with Crippen LogP contribution >= 0.6 is 0 Å². The van der Waals surface area contributed by atoms with Gasteiger partial charge in [0.15, 0.2) is 0 Å². The number of hydrogen-bond donors (Lipinski definition) is 3. The van der Waals surface area contributed by atoms with Gasteiger partial charge in [-0.2, -0.15) is 0 Å². The van der Waals surface area contributed by atoms with Gasteiger partial charge >= 0.3 is 11.2 Å². The Morgan fingerprint density at radius 1 is 1.35 bits per heavy atom. The van der Waals surface area contributed by atoms with E-state index in [1.807, 2.05) is 0 Å². The van der Waals surface area contributed by atoms with Crippen LogP contribution in [0.5, 0.6) is 5.88 Å². The fraction of sp³-hybridized carbons (Fsp3) is 0.700. The maximum absolute atomic E-state index is 11.2. The fourth-order valence-corrected chi connectivity index (χ4v) is 1.90. The Bertz CT molecular complexity index is 461. The van der Waals surface area contributed by atoms with Crippen LogP contribution in [0.1, 0.15) is 25.7 Å². The number of ether oxygens (including phenoxy) is 1. The Morgan fingerprint density at radius 2 is 2.24 bits per heavy atom. The molecule has 1 saturated heterocycles. The van der Waals surface area contributed by atoms with Crippen molar-refractivity contribution in [2.24, 2.45) is 0 Å². The minimum Gasteiger partial charge on any atom is -0.473 e. The summed E-state index contributed by atoms with van der Waals surface area (Å²) in [7, 11) is 0. The lowest BCUT2D eigenvalue weighted by Gasteiger charge is -2.22. The summed E-state index contributed by atoms with van der Waals surface area (Å²) in [5.74, 6) is -0.0830. The summed E-state index contributed by atoms with van der Waals surface area (Å²) >= 11 is 0. The Balaban J connectivity index is 1.81. The molecule has 7 heteroatoms. The number of H-pyrrole nitrogens is 2. The smallest absolute Gasteiger partial charge is 0.342 e. The normalized spacial score (nSPS) is 20.1. The number of aromatic nitrogens is 3. The lowest BCUT2D eigenvalue weighted by Crippen LogP contribution is -2.35. The summed E-state index contributed by atoms with van der Waals surface area (Å²) in [6, 6.07) is 0.450. The van der Waals surface area contributed by atoms with E-state index in [0.29, 0.717) is 12.6 Å². The zero-order valence-electron chi connectivity index (χ0n) is 9.49. The SMILES string of the molecule is O=c1[nH]nc(OCCC2CCCCN2)c(=O)[nH]1. The van der Waals surface area contributed by atoms with E-state index in [2.05, 4.69) is 20.5 Å². The monoisotopic (exact) mass is 240 g/mol. The molecule has 0 saturated carbocycles. The Hall–Kier alpha value is -1.63. The summed E-state index contributed by atoms with van der Waals surface area (Å²) in [5.41, 5.74) is -1.22. The molecule has 1 aliphatic heterocycles.